The number of rotatable bonds is 7. The van der Waals surface area contributed by atoms with Crippen molar-refractivity contribution in [2.24, 2.45) is 5.92 Å². The average Bonchev–Trinajstić information content (AvgIpc) is 2.93. The van der Waals surface area contributed by atoms with E-state index in [1.54, 1.807) is 60.4 Å². The second-order valence-electron chi connectivity index (χ2n) is 10.8. The first kappa shape index (κ1) is 32.3. The molecule has 41 heavy (non-hydrogen) atoms. The lowest BCUT2D eigenvalue weighted by Gasteiger charge is -2.36. The fourth-order valence-electron chi connectivity index (χ4n) is 4.73. The van der Waals surface area contributed by atoms with Crippen molar-refractivity contribution in [3.05, 3.63) is 53.9 Å². The maximum absolute atomic E-state index is 14.0. The maximum atomic E-state index is 14.0. The zero-order chi connectivity index (χ0) is 30.2. The number of anilines is 1. The average molecular weight is 591 g/mol. The Morgan fingerprint density at radius 1 is 1.22 bits per heavy atom. The Morgan fingerprint density at radius 2 is 1.93 bits per heavy atom. The minimum atomic E-state index is -3.58. The number of nitrogens with zero attached hydrogens (tertiary/aromatic N) is 3. The molecule has 0 radical (unpaired) electrons. The number of hydrogen-bond donors (Lipinski definition) is 2. The molecule has 0 unspecified atom stereocenters. The van der Waals surface area contributed by atoms with Gasteiger partial charge in [0.2, 0.25) is 10.0 Å². The van der Waals surface area contributed by atoms with E-state index in [9.17, 15) is 23.1 Å². The predicted molar refractivity (Wildman–Crippen MR) is 157 cm³/mol. The molecule has 3 rings (SSSR count). The maximum Gasteiger partial charge on any atom is 0.258 e. The van der Waals surface area contributed by atoms with E-state index in [0.29, 0.717) is 24.5 Å². The van der Waals surface area contributed by atoms with Crippen LogP contribution >= 0.6 is 0 Å². The number of aliphatic hydroxyl groups excluding tert-OH is 1. The van der Waals surface area contributed by atoms with Gasteiger partial charge in [0.1, 0.15) is 5.75 Å². The van der Waals surface area contributed by atoms with Gasteiger partial charge in [-0.3, -0.25) is 19.3 Å². The van der Waals surface area contributed by atoms with E-state index in [1.165, 1.54) is 6.07 Å². The number of amides is 2. The van der Waals surface area contributed by atoms with Gasteiger partial charge in [0.15, 0.2) is 0 Å². The highest BCUT2D eigenvalue weighted by Gasteiger charge is 2.31. The summed E-state index contributed by atoms with van der Waals surface area (Å²) in [6.07, 6.45) is 5.93. The number of aliphatic hydroxyl groups is 1. The van der Waals surface area contributed by atoms with Crippen molar-refractivity contribution in [1.29, 1.82) is 0 Å². The van der Waals surface area contributed by atoms with E-state index in [0.717, 1.165) is 25.5 Å². The fourth-order valence-corrected chi connectivity index (χ4v) is 5.29. The highest BCUT2D eigenvalue weighted by molar-refractivity contribution is 7.92. The minimum absolute atomic E-state index is 0.162. The molecule has 0 spiro atoms. The molecule has 2 aromatic rings. The second kappa shape index (κ2) is 14.6. The van der Waals surface area contributed by atoms with Crippen molar-refractivity contribution < 1.29 is 32.6 Å². The Kier molecular flexibility index (Phi) is 11.5. The van der Waals surface area contributed by atoms with Gasteiger partial charge in [0.05, 0.1) is 36.7 Å². The minimum Gasteiger partial charge on any atom is -0.490 e. The number of sulfonamides is 1. The number of pyridine rings is 1. The van der Waals surface area contributed by atoms with Gasteiger partial charge in [-0.25, -0.2) is 8.42 Å². The van der Waals surface area contributed by atoms with Gasteiger partial charge >= 0.3 is 0 Å². The van der Waals surface area contributed by atoms with Crippen LogP contribution in [0, 0.1) is 5.92 Å². The van der Waals surface area contributed by atoms with Crippen molar-refractivity contribution >= 4 is 27.5 Å². The van der Waals surface area contributed by atoms with Crippen LogP contribution in [0.5, 0.6) is 5.75 Å². The molecule has 1 aliphatic rings. The molecular formula is C29H42N4O7S. The molecule has 226 valence electrons. The number of carbonyl (C=O) groups is 2. The quantitative estimate of drug-likeness (QED) is 0.502. The SMILES string of the molecule is C[C@H]1CCCCO[C@H](CN(C)C(=O)c2ccncc2)[C@@H](C)CN([C@@H](C)CO)C(=O)c2cc(NS(C)(=O)=O)ccc2O1. The van der Waals surface area contributed by atoms with E-state index in [-0.39, 0.29) is 48.4 Å². The van der Waals surface area contributed by atoms with Gasteiger partial charge in [-0.1, -0.05) is 6.92 Å². The zero-order valence-electron chi connectivity index (χ0n) is 24.4. The van der Waals surface area contributed by atoms with Crippen LogP contribution in [-0.4, -0.2) is 98.0 Å². The molecule has 12 heteroatoms. The summed E-state index contributed by atoms with van der Waals surface area (Å²) in [5.74, 6) is -0.444. The zero-order valence-corrected chi connectivity index (χ0v) is 25.3. The molecule has 1 aliphatic heterocycles. The third-order valence-electron chi connectivity index (χ3n) is 7.08. The van der Waals surface area contributed by atoms with E-state index in [2.05, 4.69) is 9.71 Å². The Morgan fingerprint density at radius 3 is 2.59 bits per heavy atom. The summed E-state index contributed by atoms with van der Waals surface area (Å²) in [7, 11) is -1.86. The standard InChI is InChI=1S/C29H42N4O7S/c1-20-17-33(21(2)19-34)29(36)25-16-24(31-41(5,37)38)9-10-26(25)40-22(3)8-6-7-15-39-27(20)18-32(4)28(35)23-11-13-30-14-12-23/h9-14,16,20-22,27,31,34H,6-8,15,17-19H2,1-5H3/t20-,21-,22-,27+/m0/s1. The number of carbonyl (C=O) groups excluding carboxylic acids is 2. The molecular weight excluding hydrogens is 548 g/mol. The van der Waals surface area contributed by atoms with Gasteiger partial charge in [-0.15, -0.1) is 0 Å². The lowest BCUT2D eigenvalue weighted by atomic mass is 10.0. The van der Waals surface area contributed by atoms with Gasteiger partial charge in [0, 0.05) is 56.3 Å². The van der Waals surface area contributed by atoms with Crippen LogP contribution in [0.3, 0.4) is 0 Å². The number of hydrogen-bond acceptors (Lipinski definition) is 8. The van der Waals surface area contributed by atoms with Gasteiger partial charge in [-0.2, -0.15) is 0 Å². The fraction of sp³-hybridized carbons (Fsp3) is 0.552. The Hall–Kier alpha value is -3.22. The molecule has 2 amide bonds. The van der Waals surface area contributed by atoms with E-state index >= 15 is 0 Å². The van der Waals surface area contributed by atoms with Gasteiger partial charge in [0.25, 0.3) is 11.8 Å². The number of benzene rings is 1. The summed E-state index contributed by atoms with van der Waals surface area (Å²) in [6, 6.07) is 7.40. The van der Waals surface area contributed by atoms with Crippen molar-refractivity contribution in [2.45, 2.75) is 58.3 Å². The molecule has 1 aromatic carbocycles. The molecule has 0 fully saturated rings. The van der Waals surface area contributed by atoms with Crippen molar-refractivity contribution in [3.63, 3.8) is 0 Å². The third kappa shape index (κ3) is 9.40. The molecule has 11 nitrogen and oxygen atoms in total. The molecule has 2 N–H and O–H groups in total. The van der Waals surface area contributed by atoms with Crippen LogP contribution in [0.1, 0.15) is 60.7 Å². The second-order valence-corrected chi connectivity index (χ2v) is 12.6. The first-order valence-corrected chi connectivity index (χ1v) is 15.8. The largest absolute Gasteiger partial charge is 0.490 e. The summed E-state index contributed by atoms with van der Waals surface area (Å²) in [5.41, 5.74) is 0.947. The molecule has 0 bridgehead atoms. The highest BCUT2D eigenvalue weighted by atomic mass is 32.2. The Labute approximate surface area is 242 Å². The van der Waals surface area contributed by atoms with Crippen LogP contribution in [0.25, 0.3) is 0 Å². The van der Waals surface area contributed by atoms with E-state index in [4.69, 9.17) is 9.47 Å². The van der Waals surface area contributed by atoms with Crippen molar-refractivity contribution in [2.75, 3.05) is 44.3 Å². The van der Waals surface area contributed by atoms with Crippen molar-refractivity contribution in [3.8, 4) is 5.75 Å². The summed E-state index contributed by atoms with van der Waals surface area (Å²) in [5, 5.41) is 10.1. The highest BCUT2D eigenvalue weighted by Crippen LogP contribution is 2.29. The molecule has 4 atom stereocenters. The number of likely N-dealkylation sites (N-methyl/N-ethyl adjacent to an activating group) is 1. The Balaban J connectivity index is 1.95. The van der Waals surface area contributed by atoms with Crippen LogP contribution in [0.2, 0.25) is 0 Å². The summed E-state index contributed by atoms with van der Waals surface area (Å²) < 4.78 is 38.7. The van der Waals surface area contributed by atoms with Crippen LogP contribution in [0.15, 0.2) is 42.7 Å². The van der Waals surface area contributed by atoms with Crippen molar-refractivity contribution in [1.82, 2.24) is 14.8 Å². The van der Waals surface area contributed by atoms with E-state index < -0.39 is 22.0 Å². The topological polar surface area (TPSA) is 138 Å². The molecule has 0 saturated heterocycles. The monoisotopic (exact) mass is 590 g/mol. The number of ether oxygens (including phenoxy) is 2. The number of aromatic nitrogens is 1. The normalized spacial score (nSPS) is 21.7. The molecule has 1 aromatic heterocycles. The summed E-state index contributed by atoms with van der Waals surface area (Å²) in [6.45, 7) is 6.34. The van der Waals surface area contributed by atoms with Gasteiger partial charge < -0.3 is 24.4 Å². The van der Waals surface area contributed by atoms with Crippen LogP contribution in [0.4, 0.5) is 5.69 Å². The summed E-state index contributed by atoms with van der Waals surface area (Å²) in [4.78, 5) is 34.2. The first-order chi connectivity index (χ1) is 19.4. The summed E-state index contributed by atoms with van der Waals surface area (Å²) >= 11 is 0. The first-order valence-electron chi connectivity index (χ1n) is 13.9. The van der Waals surface area contributed by atoms with E-state index in [1.807, 2.05) is 13.8 Å². The Bertz CT molecular complexity index is 1280. The number of fused-ring (bicyclic) bond motifs is 1. The number of nitrogens with one attached hydrogen (secondary N) is 1. The lowest BCUT2D eigenvalue weighted by molar-refractivity contribution is -0.0149. The molecule has 0 aliphatic carbocycles. The van der Waals surface area contributed by atoms with Gasteiger partial charge in [-0.05, 0) is 63.4 Å². The van der Waals surface area contributed by atoms with Crippen LogP contribution in [-0.2, 0) is 14.8 Å². The third-order valence-corrected chi connectivity index (χ3v) is 7.69. The molecule has 0 saturated carbocycles. The predicted octanol–water partition coefficient (Wildman–Crippen LogP) is 3.02. The smallest absolute Gasteiger partial charge is 0.258 e. The van der Waals surface area contributed by atoms with Crippen LogP contribution < -0.4 is 9.46 Å². The lowest BCUT2D eigenvalue weighted by Crippen LogP contribution is -2.48. The molecule has 2 heterocycles.